The van der Waals surface area contributed by atoms with Crippen LogP contribution in [0.2, 0.25) is 0 Å². The normalized spacial score (nSPS) is 38.8. The fourth-order valence-corrected chi connectivity index (χ4v) is 7.32. The quantitative estimate of drug-likeness (QED) is 0.361. The lowest BCUT2D eigenvalue weighted by Gasteiger charge is -2.47. The van der Waals surface area contributed by atoms with Gasteiger partial charge in [-0.05, 0) is 120 Å². The molecule has 0 aromatic heterocycles. The number of nitrogens with zero attached hydrogens (tertiary/aromatic N) is 2. The molecule has 0 radical (unpaired) electrons. The summed E-state index contributed by atoms with van der Waals surface area (Å²) in [6.07, 6.45) is 32.5. The van der Waals surface area contributed by atoms with E-state index in [4.69, 9.17) is 0 Å². The molecule has 6 atom stereocenters. The third kappa shape index (κ3) is 8.01. The van der Waals surface area contributed by atoms with Crippen LogP contribution in [0.4, 0.5) is 0 Å². The molecule has 5 heterocycles. The lowest BCUT2D eigenvalue weighted by molar-refractivity contribution is 0.0201. The van der Waals surface area contributed by atoms with Crippen molar-refractivity contribution in [3.05, 3.63) is 24.3 Å². The first-order valence-electron chi connectivity index (χ1n) is 14.6. The molecule has 0 aliphatic carbocycles. The van der Waals surface area contributed by atoms with Crippen molar-refractivity contribution in [1.29, 1.82) is 0 Å². The summed E-state index contributed by atoms with van der Waals surface area (Å²) >= 11 is 0. The summed E-state index contributed by atoms with van der Waals surface area (Å²) < 4.78 is 0. The van der Waals surface area contributed by atoms with Gasteiger partial charge < -0.3 is 9.80 Å². The SMILES string of the molecule is C1=CCC[C@H]2C[C@@H]3CN(CCCCCCC=CCC[C@H]4CN(CCCCCC1)CC[C@H]34)C2. The standard InChI is InChI=1S/C30H52N2/c1-3-7-11-15-20-31-22-19-30-28(25-31)18-14-10-6-2-4-8-12-16-21-32-24-27(17-13-9-5-1)23-29(30)26-32/h5-6,9-10,27-30H,1-4,7-8,11-26H2/t27-,28-,29+,30-/m0/s1. The molecule has 2 saturated heterocycles. The molecule has 0 saturated carbocycles. The summed E-state index contributed by atoms with van der Waals surface area (Å²) in [7, 11) is 0. The Labute approximate surface area is 199 Å². The smallest absolute Gasteiger partial charge is 0.00127 e. The molecule has 2 fully saturated rings. The molecule has 0 aromatic rings. The molecule has 2 unspecified atom stereocenters. The maximum Gasteiger partial charge on any atom is 0.00127 e. The van der Waals surface area contributed by atoms with Gasteiger partial charge in [0.05, 0.1) is 0 Å². The highest BCUT2D eigenvalue weighted by Crippen LogP contribution is 2.40. The van der Waals surface area contributed by atoms with E-state index in [2.05, 4.69) is 34.1 Å². The number of fused-ring (bicyclic) bond motifs is 10. The summed E-state index contributed by atoms with van der Waals surface area (Å²) in [6.45, 7) is 8.27. The van der Waals surface area contributed by atoms with Crippen molar-refractivity contribution in [2.45, 2.75) is 103 Å². The highest BCUT2D eigenvalue weighted by Gasteiger charge is 2.38. The van der Waals surface area contributed by atoms with Crippen LogP contribution in [-0.2, 0) is 0 Å². The van der Waals surface area contributed by atoms with Crippen LogP contribution in [0.25, 0.3) is 0 Å². The number of allylic oxidation sites excluding steroid dienone is 4. The molecule has 0 aromatic carbocycles. The Morgan fingerprint density at radius 1 is 0.469 bits per heavy atom. The van der Waals surface area contributed by atoms with Crippen molar-refractivity contribution in [1.82, 2.24) is 9.80 Å². The minimum Gasteiger partial charge on any atom is -0.303 e. The van der Waals surface area contributed by atoms with Crippen LogP contribution in [0.3, 0.4) is 0 Å². The second-order valence-corrected chi connectivity index (χ2v) is 11.6. The largest absolute Gasteiger partial charge is 0.303 e. The van der Waals surface area contributed by atoms with Crippen LogP contribution in [0.5, 0.6) is 0 Å². The molecule has 2 heteroatoms. The topological polar surface area (TPSA) is 6.48 Å². The Morgan fingerprint density at radius 2 is 1.09 bits per heavy atom. The van der Waals surface area contributed by atoms with Gasteiger partial charge >= 0.3 is 0 Å². The Bertz CT molecular complexity index is 567. The van der Waals surface area contributed by atoms with E-state index in [0.717, 1.165) is 23.7 Å². The van der Waals surface area contributed by atoms with Crippen molar-refractivity contribution in [2.24, 2.45) is 23.7 Å². The molecular formula is C30H52N2. The van der Waals surface area contributed by atoms with Gasteiger partial charge in [-0.15, -0.1) is 0 Å². The van der Waals surface area contributed by atoms with Crippen LogP contribution in [0, 0.1) is 23.7 Å². The summed E-state index contributed by atoms with van der Waals surface area (Å²) in [6, 6.07) is 0. The minimum atomic E-state index is 0.930. The number of rotatable bonds is 0. The van der Waals surface area contributed by atoms with E-state index in [9.17, 15) is 0 Å². The summed E-state index contributed by atoms with van der Waals surface area (Å²) in [5.41, 5.74) is 0. The molecule has 32 heavy (non-hydrogen) atoms. The van der Waals surface area contributed by atoms with Gasteiger partial charge in [-0.25, -0.2) is 0 Å². The first-order valence-corrected chi connectivity index (χ1v) is 14.6. The van der Waals surface area contributed by atoms with Crippen molar-refractivity contribution in [3.8, 4) is 0 Å². The Balaban J connectivity index is 1.49. The predicted molar refractivity (Wildman–Crippen MR) is 139 cm³/mol. The fourth-order valence-electron chi connectivity index (χ4n) is 7.32. The van der Waals surface area contributed by atoms with Gasteiger partial charge in [0.2, 0.25) is 0 Å². The molecular weight excluding hydrogens is 388 g/mol. The zero-order chi connectivity index (χ0) is 21.8. The molecule has 5 rings (SSSR count). The van der Waals surface area contributed by atoms with E-state index in [1.165, 1.54) is 142 Å². The highest BCUT2D eigenvalue weighted by molar-refractivity contribution is 4.93. The summed E-state index contributed by atoms with van der Waals surface area (Å²) in [4.78, 5) is 5.77. The average Bonchev–Trinajstić information content (AvgIpc) is 2.80. The number of piperidine rings is 2. The van der Waals surface area contributed by atoms with E-state index in [0.29, 0.717) is 0 Å². The molecule has 6 bridgehead atoms. The minimum absolute atomic E-state index is 0.930. The summed E-state index contributed by atoms with van der Waals surface area (Å²) in [5, 5.41) is 0. The van der Waals surface area contributed by atoms with Gasteiger partial charge in [0.15, 0.2) is 0 Å². The lowest BCUT2D eigenvalue weighted by atomic mass is 9.69. The lowest BCUT2D eigenvalue weighted by Crippen LogP contribution is -2.49. The van der Waals surface area contributed by atoms with E-state index >= 15 is 0 Å². The van der Waals surface area contributed by atoms with E-state index in [1.54, 1.807) is 0 Å². The molecule has 0 spiro atoms. The third-order valence-corrected chi connectivity index (χ3v) is 9.10. The molecule has 5 aliphatic heterocycles. The summed E-state index contributed by atoms with van der Waals surface area (Å²) in [5.74, 6) is 3.79. The van der Waals surface area contributed by atoms with E-state index < -0.39 is 0 Å². The van der Waals surface area contributed by atoms with Crippen LogP contribution in [0.15, 0.2) is 24.3 Å². The predicted octanol–water partition coefficient (Wildman–Crippen LogP) is 7.46. The van der Waals surface area contributed by atoms with Gasteiger partial charge in [0, 0.05) is 19.6 Å². The first-order chi connectivity index (χ1) is 15.9. The van der Waals surface area contributed by atoms with Crippen molar-refractivity contribution in [2.75, 3.05) is 39.3 Å². The highest BCUT2D eigenvalue weighted by atomic mass is 15.1. The fraction of sp³-hybridized carbons (Fsp3) is 0.867. The van der Waals surface area contributed by atoms with Crippen LogP contribution in [0.1, 0.15) is 103 Å². The van der Waals surface area contributed by atoms with Crippen LogP contribution in [-0.4, -0.2) is 49.1 Å². The molecule has 2 nitrogen and oxygen atoms in total. The van der Waals surface area contributed by atoms with E-state index in [1.807, 2.05) is 0 Å². The molecule has 182 valence electrons. The first kappa shape index (κ1) is 24.5. The number of hydrogen-bond acceptors (Lipinski definition) is 2. The van der Waals surface area contributed by atoms with Gasteiger partial charge in [0.1, 0.15) is 0 Å². The zero-order valence-corrected chi connectivity index (χ0v) is 21.1. The van der Waals surface area contributed by atoms with Crippen molar-refractivity contribution >= 4 is 0 Å². The molecule has 5 aliphatic rings. The van der Waals surface area contributed by atoms with Crippen LogP contribution >= 0.6 is 0 Å². The van der Waals surface area contributed by atoms with Crippen molar-refractivity contribution < 1.29 is 0 Å². The van der Waals surface area contributed by atoms with Gasteiger partial charge in [-0.3, -0.25) is 0 Å². The van der Waals surface area contributed by atoms with Gasteiger partial charge in [-0.2, -0.15) is 0 Å². The maximum absolute atomic E-state index is 2.91. The van der Waals surface area contributed by atoms with Gasteiger partial charge in [-0.1, -0.05) is 50.0 Å². The molecule has 0 amide bonds. The van der Waals surface area contributed by atoms with Crippen LogP contribution < -0.4 is 0 Å². The average molecular weight is 441 g/mol. The maximum atomic E-state index is 2.91. The Hall–Kier alpha value is -0.600. The zero-order valence-electron chi connectivity index (χ0n) is 21.1. The monoisotopic (exact) mass is 440 g/mol. The van der Waals surface area contributed by atoms with Gasteiger partial charge in [0.25, 0.3) is 0 Å². The Morgan fingerprint density at radius 3 is 1.88 bits per heavy atom. The second-order valence-electron chi connectivity index (χ2n) is 11.6. The van der Waals surface area contributed by atoms with Crippen molar-refractivity contribution in [3.63, 3.8) is 0 Å². The molecule has 0 N–H and O–H groups in total. The Kier molecular flexibility index (Phi) is 10.7. The second kappa shape index (κ2) is 14.0. The number of hydrogen-bond donors (Lipinski definition) is 0. The van der Waals surface area contributed by atoms with E-state index in [-0.39, 0.29) is 0 Å². The third-order valence-electron chi connectivity index (χ3n) is 9.10.